The van der Waals surface area contributed by atoms with Crippen LogP contribution in [0.1, 0.15) is 58.4 Å². The molecule has 1 saturated heterocycles. The highest BCUT2D eigenvalue weighted by Crippen LogP contribution is 2.45. The highest BCUT2D eigenvalue weighted by atomic mass is 19.2. The van der Waals surface area contributed by atoms with E-state index in [0.717, 1.165) is 54.0 Å². The van der Waals surface area contributed by atoms with Crippen LogP contribution >= 0.6 is 0 Å². The minimum absolute atomic E-state index is 0.100. The van der Waals surface area contributed by atoms with Crippen LogP contribution in [0.4, 0.5) is 13.2 Å². The minimum atomic E-state index is -1.49. The Labute approximate surface area is 199 Å². The van der Waals surface area contributed by atoms with Crippen LogP contribution in [0, 0.1) is 31.3 Å². The monoisotopic (exact) mass is 480 g/mol. The molecular formula is C25H23F3N6O. The smallest absolute Gasteiger partial charge is 0.273 e. The van der Waals surface area contributed by atoms with Crippen molar-refractivity contribution >= 4 is 11.6 Å². The second kappa shape index (κ2) is 7.66. The first-order valence-corrected chi connectivity index (χ1v) is 11.6. The summed E-state index contributed by atoms with van der Waals surface area (Å²) in [5.41, 5.74) is 4.95. The first kappa shape index (κ1) is 21.8. The number of fused-ring (bicyclic) bond motifs is 5. The van der Waals surface area contributed by atoms with Crippen LogP contribution in [-0.4, -0.2) is 41.2 Å². The zero-order valence-electron chi connectivity index (χ0n) is 19.5. The first-order valence-electron chi connectivity index (χ1n) is 11.6. The van der Waals surface area contributed by atoms with E-state index in [0.29, 0.717) is 23.5 Å². The highest BCUT2D eigenvalue weighted by molar-refractivity contribution is 5.94. The third-order valence-corrected chi connectivity index (χ3v) is 7.11. The molecule has 0 saturated carbocycles. The summed E-state index contributed by atoms with van der Waals surface area (Å²) in [6, 6.07) is 5.21. The average Bonchev–Trinajstić information content (AvgIpc) is 3.35. The van der Waals surface area contributed by atoms with Gasteiger partial charge in [-0.2, -0.15) is 10.2 Å². The molecule has 0 radical (unpaired) electrons. The number of hydrogen-bond acceptors (Lipinski definition) is 4. The topological polar surface area (TPSA) is 68.3 Å². The molecule has 3 aromatic heterocycles. The molecule has 180 valence electrons. The molecule has 10 heteroatoms. The summed E-state index contributed by atoms with van der Waals surface area (Å²) in [5, 5.41) is 9.09. The number of benzene rings is 1. The molecule has 0 aliphatic carbocycles. The molecule has 4 aromatic rings. The number of rotatable bonds is 2. The van der Waals surface area contributed by atoms with Crippen LogP contribution in [-0.2, 0) is 13.5 Å². The van der Waals surface area contributed by atoms with E-state index < -0.39 is 17.5 Å². The lowest BCUT2D eigenvalue weighted by Gasteiger charge is -2.45. The van der Waals surface area contributed by atoms with Gasteiger partial charge in [0.25, 0.3) is 5.91 Å². The number of aryl methyl sites for hydroxylation is 3. The summed E-state index contributed by atoms with van der Waals surface area (Å²) in [7, 11) is 1.70. The Balaban J connectivity index is 1.43. The van der Waals surface area contributed by atoms with Gasteiger partial charge in [0.2, 0.25) is 0 Å². The summed E-state index contributed by atoms with van der Waals surface area (Å²) < 4.78 is 44.9. The molecule has 2 bridgehead atoms. The average molecular weight is 480 g/mol. The number of hydrogen-bond donors (Lipinski definition) is 0. The fourth-order valence-corrected chi connectivity index (χ4v) is 5.68. The maximum Gasteiger partial charge on any atom is 0.273 e. The number of amides is 1. The van der Waals surface area contributed by atoms with E-state index in [1.165, 1.54) is 0 Å². The van der Waals surface area contributed by atoms with E-state index >= 15 is 0 Å². The maximum absolute atomic E-state index is 14.0. The van der Waals surface area contributed by atoms with Crippen LogP contribution in [0.15, 0.2) is 24.3 Å². The van der Waals surface area contributed by atoms with Crippen molar-refractivity contribution in [3.8, 4) is 11.3 Å². The van der Waals surface area contributed by atoms with Crippen molar-refractivity contribution < 1.29 is 18.0 Å². The summed E-state index contributed by atoms with van der Waals surface area (Å²) >= 11 is 0. The Morgan fingerprint density at radius 3 is 2.51 bits per heavy atom. The van der Waals surface area contributed by atoms with E-state index in [9.17, 15) is 18.0 Å². The lowest BCUT2D eigenvalue weighted by atomic mass is 9.81. The predicted molar refractivity (Wildman–Crippen MR) is 121 cm³/mol. The SMILES string of the molecule is Cc1cc2nc(C(=O)N3[C@H]4CCC[C@@H]3c3nn(C)c(-c5cc(F)c(F)c(F)c5)c3C4)cc(C)n2n1. The number of carbonyl (C=O) groups excluding carboxylic acids is 1. The van der Waals surface area contributed by atoms with E-state index in [2.05, 4.69) is 15.2 Å². The van der Waals surface area contributed by atoms with Crippen molar-refractivity contribution in [1.29, 1.82) is 0 Å². The van der Waals surface area contributed by atoms with Crippen LogP contribution in [0.2, 0.25) is 0 Å². The maximum atomic E-state index is 14.0. The lowest BCUT2D eigenvalue weighted by molar-refractivity contribution is 0.0386. The minimum Gasteiger partial charge on any atom is -0.325 e. The number of carbonyl (C=O) groups is 1. The number of piperidine rings is 1. The van der Waals surface area contributed by atoms with Crippen LogP contribution < -0.4 is 0 Å². The molecule has 5 heterocycles. The molecule has 1 amide bonds. The largest absolute Gasteiger partial charge is 0.325 e. The van der Waals surface area contributed by atoms with Crippen molar-refractivity contribution in [1.82, 2.24) is 29.3 Å². The first-order chi connectivity index (χ1) is 16.7. The van der Waals surface area contributed by atoms with Crippen molar-refractivity contribution in [2.75, 3.05) is 0 Å². The van der Waals surface area contributed by atoms with Gasteiger partial charge in [0.05, 0.1) is 23.1 Å². The standard InChI is InChI=1S/C25H23F3N6O/c1-12-7-21-29-19(8-13(2)34(21)30-12)25(35)33-15-5-4-6-20(33)23-16(11-15)24(32(3)31-23)14-9-17(26)22(28)18(27)10-14/h7-10,15,20H,4-6,11H2,1-3H3/t15-,20+/m0/s1. The zero-order valence-corrected chi connectivity index (χ0v) is 19.5. The van der Waals surface area contributed by atoms with E-state index in [-0.39, 0.29) is 23.6 Å². The summed E-state index contributed by atoms with van der Waals surface area (Å²) in [5.74, 6) is -4.14. The second-order valence-corrected chi connectivity index (χ2v) is 9.45. The van der Waals surface area contributed by atoms with Gasteiger partial charge in [0.1, 0.15) is 5.69 Å². The predicted octanol–water partition coefficient (Wildman–Crippen LogP) is 4.46. The van der Waals surface area contributed by atoms with Gasteiger partial charge in [-0.3, -0.25) is 9.48 Å². The van der Waals surface area contributed by atoms with Gasteiger partial charge in [-0.25, -0.2) is 22.7 Å². The van der Waals surface area contributed by atoms with Crippen LogP contribution in [0.5, 0.6) is 0 Å². The molecule has 2 atom stereocenters. The van der Waals surface area contributed by atoms with Gasteiger partial charge >= 0.3 is 0 Å². The zero-order chi connectivity index (χ0) is 24.6. The summed E-state index contributed by atoms with van der Waals surface area (Å²) in [4.78, 5) is 20.2. The third-order valence-electron chi connectivity index (χ3n) is 7.11. The van der Waals surface area contributed by atoms with Crippen LogP contribution in [0.3, 0.4) is 0 Å². The molecule has 1 fully saturated rings. The lowest BCUT2D eigenvalue weighted by Crippen LogP contribution is -2.50. The Bertz CT molecular complexity index is 1500. The molecular weight excluding hydrogens is 457 g/mol. The van der Waals surface area contributed by atoms with Crippen LogP contribution in [0.25, 0.3) is 16.9 Å². The van der Waals surface area contributed by atoms with Crippen molar-refractivity contribution in [3.63, 3.8) is 0 Å². The van der Waals surface area contributed by atoms with E-state index in [1.54, 1.807) is 22.3 Å². The number of halogens is 3. The Morgan fingerprint density at radius 1 is 1.03 bits per heavy atom. The van der Waals surface area contributed by atoms with Gasteiger partial charge in [0, 0.05) is 36.0 Å². The van der Waals surface area contributed by atoms with Crippen molar-refractivity contribution in [2.45, 2.75) is 51.6 Å². The normalized spacial score (nSPS) is 19.3. The van der Waals surface area contributed by atoms with Gasteiger partial charge in [-0.15, -0.1) is 0 Å². The Kier molecular flexibility index (Phi) is 4.77. The van der Waals surface area contributed by atoms with E-state index in [1.807, 2.05) is 24.8 Å². The summed E-state index contributed by atoms with van der Waals surface area (Å²) in [6.45, 7) is 3.77. The second-order valence-electron chi connectivity index (χ2n) is 9.45. The third kappa shape index (κ3) is 3.26. The fourth-order valence-electron chi connectivity index (χ4n) is 5.68. The molecule has 35 heavy (non-hydrogen) atoms. The van der Waals surface area contributed by atoms with Crippen molar-refractivity contribution in [2.24, 2.45) is 7.05 Å². The van der Waals surface area contributed by atoms with Gasteiger partial charge < -0.3 is 4.90 Å². The molecule has 7 nitrogen and oxygen atoms in total. The molecule has 0 N–H and O–H groups in total. The molecule has 2 aliphatic heterocycles. The van der Waals surface area contributed by atoms with Crippen molar-refractivity contribution in [3.05, 3.63) is 70.1 Å². The van der Waals surface area contributed by atoms with E-state index in [4.69, 9.17) is 0 Å². The molecule has 0 spiro atoms. The fraction of sp³-hybridized carbons (Fsp3) is 0.360. The molecule has 1 aromatic carbocycles. The number of aromatic nitrogens is 5. The van der Waals surface area contributed by atoms with Gasteiger partial charge in [-0.05, 0) is 57.7 Å². The quantitative estimate of drug-likeness (QED) is 0.398. The molecule has 0 unspecified atom stereocenters. The number of nitrogens with zero attached hydrogens (tertiary/aromatic N) is 6. The molecule has 2 aliphatic rings. The summed E-state index contributed by atoms with van der Waals surface area (Å²) in [6.07, 6.45) is 2.96. The Morgan fingerprint density at radius 2 is 1.77 bits per heavy atom. The van der Waals surface area contributed by atoms with Gasteiger partial charge in [0.15, 0.2) is 23.1 Å². The van der Waals surface area contributed by atoms with Gasteiger partial charge in [-0.1, -0.05) is 0 Å². The highest BCUT2D eigenvalue weighted by Gasteiger charge is 2.44. The molecule has 6 rings (SSSR count). The Hall–Kier alpha value is -3.69.